The Kier molecular flexibility index (Phi) is 3.52. The van der Waals surface area contributed by atoms with Crippen molar-refractivity contribution in [2.75, 3.05) is 6.61 Å². The molecule has 4 rings (SSSR count). The maximum Gasteiger partial charge on any atom is 0.0725 e. The molecule has 0 aromatic heterocycles. The number of rotatable bonds is 2. The van der Waals surface area contributed by atoms with Crippen molar-refractivity contribution in [3.8, 4) is 0 Å². The van der Waals surface area contributed by atoms with Crippen LogP contribution < -0.4 is 5.73 Å². The minimum Gasteiger partial charge on any atom is -0.375 e. The highest BCUT2D eigenvalue weighted by Gasteiger charge is 2.41. The van der Waals surface area contributed by atoms with Gasteiger partial charge in [0, 0.05) is 12.6 Å². The third-order valence-electron chi connectivity index (χ3n) is 5.68. The smallest absolute Gasteiger partial charge is 0.0725 e. The fraction of sp³-hybridized carbons (Fsp3) is 0.667. The van der Waals surface area contributed by atoms with Gasteiger partial charge in [0.2, 0.25) is 0 Å². The number of benzene rings is 1. The van der Waals surface area contributed by atoms with E-state index in [9.17, 15) is 0 Å². The van der Waals surface area contributed by atoms with Crippen LogP contribution in [0.5, 0.6) is 0 Å². The van der Waals surface area contributed by atoms with Crippen molar-refractivity contribution < 1.29 is 9.47 Å². The quantitative estimate of drug-likeness (QED) is 0.906. The lowest BCUT2D eigenvalue weighted by Gasteiger charge is -2.40. The largest absolute Gasteiger partial charge is 0.375 e. The molecule has 2 unspecified atom stereocenters. The zero-order chi connectivity index (χ0) is 14.3. The maximum absolute atomic E-state index is 6.62. The Balaban J connectivity index is 1.52. The van der Waals surface area contributed by atoms with Crippen LogP contribution in [0.1, 0.15) is 61.3 Å². The van der Waals surface area contributed by atoms with Crippen molar-refractivity contribution in [1.82, 2.24) is 0 Å². The molecule has 3 nitrogen and oxygen atoms in total. The molecular formula is C18H25NO2. The van der Waals surface area contributed by atoms with Crippen LogP contribution in [0, 0.1) is 5.92 Å². The summed E-state index contributed by atoms with van der Waals surface area (Å²) < 4.78 is 11.7. The molecular weight excluding hydrogens is 262 g/mol. The first-order chi connectivity index (χ1) is 10.3. The van der Waals surface area contributed by atoms with Gasteiger partial charge in [-0.1, -0.05) is 31.0 Å². The van der Waals surface area contributed by atoms with Crippen molar-refractivity contribution in [1.29, 1.82) is 0 Å². The molecule has 0 radical (unpaired) electrons. The first-order valence-electron chi connectivity index (χ1n) is 8.35. The van der Waals surface area contributed by atoms with E-state index < -0.39 is 0 Å². The highest BCUT2D eigenvalue weighted by atomic mass is 16.5. The molecule has 0 bridgehead atoms. The zero-order valence-electron chi connectivity index (χ0n) is 12.6. The molecule has 2 N–H and O–H groups in total. The van der Waals surface area contributed by atoms with Gasteiger partial charge >= 0.3 is 0 Å². The van der Waals surface area contributed by atoms with Crippen LogP contribution in [0.2, 0.25) is 0 Å². The molecule has 114 valence electrons. The minimum absolute atomic E-state index is 0.136. The molecule has 1 aromatic rings. The van der Waals surface area contributed by atoms with Gasteiger partial charge in [-0.05, 0) is 48.3 Å². The third-order valence-corrected chi connectivity index (χ3v) is 5.68. The number of hydrogen-bond acceptors (Lipinski definition) is 3. The van der Waals surface area contributed by atoms with E-state index in [2.05, 4.69) is 18.2 Å². The minimum atomic E-state index is 0.136. The van der Waals surface area contributed by atoms with Crippen molar-refractivity contribution in [2.45, 2.75) is 63.4 Å². The Hall–Kier alpha value is -0.900. The van der Waals surface area contributed by atoms with E-state index in [4.69, 9.17) is 15.2 Å². The number of ether oxygens (including phenoxy) is 2. The van der Waals surface area contributed by atoms with Crippen molar-refractivity contribution in [3.05, 3.63) is 34.9 Å². The average molecular weight is 287 g/mol. The molecule has 2 heterocycles. The summed E-state index contributed by atoms with van der Waals surface area (Å²) >= 11 is 0. The molecule has 3 aliphatic rings. The highest BCUT2D eigenvalue weighted by molar-refractivity contribution is 5.34. The lowest BCUT2D eigenvalue weighted by molar-refractivity contribution is -0.0963. The summed E-state index contributed by atoms with van der Waals surface area (Å²) in [6.07, 6.45) is 7.33. The molecule has 2 aliphatic heterocycles. The Bertz CT molecular complexity index is 522. The van der Waals surface area contributed by atoms with Crippen LogP contribution in [0.15, 0.2) is 18.2 Å². The van der Waals surface area contributed by atoms with E-state index in [0.29, 0.717) is 5.92 Å². The van der Waals surface area contributed by atoms with E-state index in [0.717, 1.165) is 32.7 Å². The Morgan fingerprint density at radius 1 is 1.14 bits per heavy atom. The second-order valence-electron chi connectivity index (χ2n) is 7.04. The highest BCUT2D eigenvalue weighted by Crippen LogP contribution is 2.45. The van der Waals surface area contributed by atoms with Crippen molar-refractivity contribution >= 4 is 0 Å². The zero-order valence-corrected chi connectivity index (χ0v) is 12.6. The van der Waals surface area contributed by atoms with Crippen LogP contribution in [0.4, 0.5) is 0 Å². The number of fused-ring (bicyclic) bond motifs is 1. The van der Waals surface area contributed by atoms with Gasteiger partial charge < -0.3 is 15.2 Å². The van der Waals surface area contributed by atoms with Crippen LogP contribution in [-0.2, 0) is 22.7 Å². The second kappa shape index (κ2) is 5.38. The van der Waals surface area contributed by atoms with Gasteiger partial charge in [0.25, 0.3) is 0 Å². The van der Waals surface area contributed by atoms with Gasteiger partial charge in [0.05, 0.1) is 18.8 Å². The van der Waals surface area contributed by atoms with E-state index >= 15 is 0 Å². The van der Waals surface area contributed by atoms with Gasteiger partial charge in [-0.3, -0.25) is 0 Å². The molecule has 1 spiro atoms. The summed E-state index contributed by atoms with van der Waals surface area (Å²) in [6, 6.07) is 6.80. The summed E-state index contributed by atoms with van der Waals surface area (Å²) in [7, 11) is 0. The maximum atomic E-state index is 6.62. The number of hydrogen-bond donors (Lipinski definition) is 1. The average Bonchev–Trinajstić information content (AvgIpc) is 3.15. The second-order valence-corrected chi connectivity index (χ2v) is 7.04. The van der Waals surface area contributed by atoms with E-state index in [1.54, 1.807) is 0 Å². The van der Waals surface area contributed by atoms with Crippen LogP contribution >= 0.6 is 0 Å². The summed E-state index contributed by atoms with van der Waals surface area (Å²) in [5.41, 5.74) is 10.7. The predicted molar refractivity (Wildman–Crippen MR) is 81.7 cm³/mol. The monoisotopic (exact) mass is 287 g/mol. The van der Waals surface area contributed by atoms with Gasteiger partial charge in [-0.25, -0.2) is 0 Å². The normalized spacial score (nSPS) is 28.7. The van der Waals surface area contributed by atoms with Crippen molar-refractivity contribution in [3.63, 3.8) is 0 Å². The lowest BCUT2D eigenvalue weighted by Crippen LogP contribution is -2.40. The molecule has 1 aromatic carbocycles. The molecule has 2 fully saturated rings. The molecule has 3 heteroatoms. The standard InChI is InChI=1S/C18H25NO2/c19-17(13-3-4-15-11-20-12-16(15)9-13)14-5-8-21-18(10-14)6-1-2-7-18/h3-4,9,14,17H,1-2,5-8,10-12,19H2. The van der Waals surface area contributed by atoms with Gasteiger partial charge in [0.15, 0.2) is 0 Å². The van der Waals surface area contributed by atoms with Crippen LogP contribution in [0.25, 0.3) is 0 Å². The number of nitrogens with two attached hydrogens (primary N) is 1. The fourth-order valence-corrected chi connectivity index (χ4v) is 4.41. The summed E-state index contributed by atoms with van der Waals surface area (Å²) in [5, 5.41) is 0. The first-order valence-corrected chi connectivity index (χ1v) is 8.35. The van der Waals surface area contributed by atoms with Crippen LogP contribution in [0.3, 0.4) is 0 Å². The van der Waals surface area contributed by atoms with Gasteiger partial charge in [-0.2, -0.15) is 0 Å². The molecule has 1 saturated carbocycles. The topological polar surface area (TPSA) is 44.5 Å². The molecule has 0 amide bonds. The van der Waals surface area contributed by atoms with Crippen molar-refractivity contribution in [2.24, 2.45) is 11.7 Å². The van der Waals surface area contributed by atoms with Gasteiger partial charge in [-0.15, -0.1) is 0 Å². The summed E-state index contributed by atoms with van der Waals surface area (Å²) in [5.74, 6) is 0.553. The predicted octanol–water partition coefficient (Wildman–Crippen LogP) is 3.46. The Labute approximate surface area is 126 Å². The summed E-state index contributed by atoms with van der Waals surface area (Å²) in [4.78, 5) is 0. The lowest BCUT2D eigenvalue weighted by atomic mass is 9.78. The van der Waals surface area contributed by atoms with E-state index in [1.165, 1.54) is 42.4 Å². The summed E-state index contributed by atoms with van der Waals surface area (Å²) in [6.45, 7) is 2.38. The van der Waals surface area contributed by atoms with Crippen LogP contribution in [-0.4, -0.2) is 12.2 Å². The Morgan fingerprint density at radius 3 is 2.81 bits per heavy atom. The van der Waals surface area contributed by atoms with E-state index in [1.807, 2.05) is 0 Å². The third kappa shape index (κ3) is 2.52. The molecule has 21 heavy (non-hydrogen) atoms. The first kappa shape index (κ1) is 13.7. The van der Waals surface area contributed by atoms with Gasteiger partial charge in [0.1, 0.15) is 0 Å². The Morgan fingerprint density at radius 2 is 1.95 bits per heavy atom. The van der Waals surface area contributed by atoms with E-state index in [-0.39, 0.29) is 11.6 Å². The SMILES string of the molecule is NC(c1ccc2c(c1)COC2)C1CCOC2(CCCC2)C1. The fourth-order valence-electron chi connectivity index (χ4n) is 4.41. The molecule has 1 aliphatic carbocycles. The molecule has 2 atom stereocenters. The molecule has 1 saturated heterocycles.